The Bertz CT molecular complexity index is 486. The molecule has 0 bridgehead atoms. The summed E-state index contributed by atoms with van der Waals surface area (Å²) in [6.45, 7) is 3.43. The van der Waals surface area contributed by atoms with E-state index in [1.165, 1.54) is 0 Å². The third-order valence-electron chi connectivity index (χ3n) is 4.25. The molecule has 0 aromatic heterocycles. The van der Waals surface area contributed by atoms with Crippen LogP contribution in [-0.2, 0) is 6.54 Å². The number of urea groups is 1. The summed E-state index contributed by atoms with van der Waals surface area (Å²) in [4.78, 5) is 14.1. The maximum Gasteiger partial charge on any atom is 0.318 e. The van der Waals surface area contributed by atoms with Crippen LogP contribution in [0.1, 0.15) is 18.4 Å². The first kappa shape index (κ1) is 15.9. The van der Waals surface area contributed by atoms with Crippen LogP contribution in [0.3, 0.4) is 0 Å². The number of carbonyl (C=O) groups is 1. The fourth-order valence-electron chi connectivity index (χ4n) is 3.05. The number of hydrogen-bond acceptors (Lipinski definition) is 3. The van der Waals surface area contributed by atoms with E-state index in [9.17, 15) is 4.79 Å². The molecule has 3 rings (SSSR count). The van der Waals surface area contributed by atoms with Gasteiger partial charge in [0.15, 0.2) is 0 Å². The van der Waals surface area contributed by atoms with E-state index < -0.39 is 0 Å². The molecule has 21 heavy (non-hydrogen) atoms. The lowest BCUT2D eigenvalue weighted by Gasteiger charge is -2.33. The maximum atomic E-state index is 12.1. The smallest absolute Gasteiger partial charge is 0.318 e. The number of halogens is 1. The molecule has 0 unspecified atom stereocenters. The average Bonchev–Trinajstić information content (AvgIpc) is 2.76. The van der Waals surface area contributed by atoms with Crippen LogP contribution in [0.5, 0.6) is 5.75 Å². The summed E-state index contributed by atoms with van der Waals surface area (Å²) in [6, 6.07) is 7.95. The summed E-state index contributed by atoms with van der Waals surface area (Å²) in [7, 11) is 1.66. The Morgan fingerprint density at radius 3 is 2.52 bits per heavy atom. The molecule has 2 saturated heterocycles. The standard InChI is InChI=1S/C15H21N3O2.ClH/c1-20-13-4-2-12(3-5-13)10-18-11-15(17-14(18)19)6-8-16-9-7-15;/h2-5,16H,6-11H2,1H3,(H,17,19);1H. The molecule has 2 N–H and O–H groups in total. The number of hydrogen-bond donors (Lipinski definition) is 2. The molecule has 1 aromatic rings. The second kappa shape index (κ2) is 6.54. The van der Waals surface area contributed by atoms with Crippen molar-refractivity contribution in [2.45, 2.75) is 24.9 Å². The van der Waals surface area contributed by atoms with Crippen LogP contribution in [0.2, 0.25) is 0 Å². The number of methoxy groups -OCH3 is 1. The molecule has 0 saturated carbocycles. The number of piperidine rings is 1. The SMILES string of the molecule is COc1ccc(CN2CC3(CCNCC3)NC2=O)cc1.Cl. The zero-order chi connectivity index (χ0) is 14.0. The largest absolute Gasteiger partial charge is 0.497 e. The van der Waals surface area contributed by atoms with Crippen LogP contribution < -0.4 is 15.4 Å². The Hall–Kier alpha value is -1.46. The molecule has 0 aliphatic carbocycles. The van der Waals surface area contributed by atoms with Gasteiger partial charge in [-0.2, -0.15) is 0 Å². The van der Waals surface area contributed by atoms with Crippen molar-refractivity contribution in [3.05, 3.63) is 29.8 Å². The van der Waals surface area contributed by atoms with Crippen molar-refractivity contribution in [1.82, 2.24) is 15.5 Å². The van der Waals surface area contributed by atoms with Crippen LogP contribution in [0, 0.1) is 0 Å². The van der Waals surface area contributed by atoms with E-state index in [4.69, 9.17) is 4.74 Å². The molecule has 2 fully saturated rings. The minimum Gasteiger partial charge on any atom is -0.497 e. The molecule has 0 radical (unpaired) electrons. The van der Waals surface area contributed by atoms with E-state index in [-0.39, 0.29) is 24.0 Å². The number of carbonyl (C=O) groups excluding carboxylic acids is 1. The number of ether oxygens (including phenoxy) is 1. The molecule has 2 aliphatic rings. The number of benzene rings is 1. The van der Waals surface area contributed by atoms with Crippen molar-refractivity contribution in [1.29, 1.82) is 0 Å². The molecule has 5 nitrogen and oxygen atoms in total. The van der Waals surface area contributed by atoms with Gasteiger partial charge in [0.05, 0.1) is 12.6 Å². The van der Waals surface area contributed by atoms with Gasteiger partial charge in [-0.15, -0.1) is 12.4 Å². The Kier molecular flexibility index (Phi) is 4.96. The maximum absolute atomic E-state index is 12.1. The van der Waals surface area contributed by atoms with Gasteiger partial charge in [0.1, 0.15) is 5.75 Å². The number of nitrogens with one attached hydrogen (secondary N) is 2. The molecule has 2 aliphatic heterocycles. The van der Waals surface area contributed by atoms with Crippen molar-refractivity contribution in [3.8, 4) is 5.75 Å². The minimum absolute atomic E-state index is 0. The first-order valence-corrected chi connectivity index (χ1v) is 7.12. The van der Waals surface area contributed by atoms with Crippen LogP contribution in [0.4, 0.5) is 4.79 Å². The van der Waals surface area contributed by atoms with E-state index in [2.05, 4.69) is 10.6 Å². The summed E-state index contributed by atoms with van der Waals surface area (Å²) in [5.74, 6) is 0.842. The quantitative estimate of drug-likeness (QED) is 0.894. The van der Waals surface area contributed by atoms with Gasteiger partial charge in [0.2, 0.25) is 0 Å². The molecular weight excluding hydrogens is 290 g/mol. The molecule has 1 aromatic carbocycles. The Labute approximate surface area is 131 Å². The highest BCUT2D eigenvalue weighted by atomic mass is 35.5. The molecule has 6 heteroatoms. The zero-order valence-corrected chi connectivity index (χ0v) is 13.0. The van der Waals surface area contributed by atoms with E-state index in [0.29, 0.717) is 6.54 Å². The number of nitrogens with zero attached hydrogens (tertiary/aromatic N) is 1. The van der Waals surface area contributed by atoms with Crippen LogP contribution in [0.15, 0.2) is 24.3 Å². The molecule has 1 spiro atoms. The van der Waals surface area contributed by atoms with Crippen molar-refractivity contribution < 1.29 is 9.53 Å². The number of amides is 2. The first-order valence-electron chi connectivity index (χ1n) is 7.12. The minimum atomic E-state index is -0.0190. The Morgan fingerprint density at radius 2 is 1.90 bits per heavy atom. The van der Waals surface area contributed by atoms with E-state index in [0.717, 1.165) is 43.8 Å². The predicted molar refractivity (Wildman–Crippen MR) is 84.0 cm³/mol. The lowest BCUT2D eigenvalue weighted by Crippen LogP contribution is -2.51. The molecule has 116 valence electrons. The number of rotatable bonds is 3. The summed E-state index contributed by atoms with van der Waals surface area (Å²) < 4.78 is 5.15. The average molecular weight is 312 g/mol. The highest BCUT2D eigenvalue weighted by molar-refractivity contribution is 5.85. The second-order valence-electron chi connectivity index (χ2n) is 5.66. The third-order valence-corrected chi connectivity index (χ3v) is 4.25. The van der Waals surface area contributed by atoms with Gasteiger partial charge in [-0.25, -0.2) is 4.79 Å². The molecule has 2 heterocycles. The molecular formula is C15H22ClN3O2. The summed E-state index contributed by atoms with van der Waals surface area (Å²) in [5.41, 5.74) is 1.11. The van der Waals surface area contributed by atoms with Crippen LogP contribution in [-0.4, -0.2) is 43.2 Å². The summed E-state index contributed by atoms with van der Waals surface area (Å²) >= 11 is 0. The second-order valence-corrected chi connectivity index (χ2v) is 5.66. The van der Waals surface area contributed by atoms with E-state index >= 15 is 0 Å². The van der Waals surface area contributed by atoms with Gasteiger partial charge < -0.3 is 20.3 Å². The van der Waals surface area contributed by atoms with Gasteiger partial charge in [0.25, 0.3) is 0 Å². The van der Waals surface area contributed by atoms with Crippen molar-refractivity contribution >= 4 is 18.4 Å². The fraction of sp³-hybridized carbons (Fsp3) is 0.533. The summed E-state index contributed by atoms with van der Waals surface area (Å²) in [5, 5.41) is 6.53. The lowest BCUT2D eigenvalue weighted by molar-refractivity contribution is 0.215. The highest BCUT2D eigenvalue weighted by Gasteiger charge is 2.42. The topological polar surface area (TPSA) is 53.6 Å². The van der Waals surface area contributed by atoms with Crippen LogP contribution >= 0.6 is 12.4 Å². The van der Waals surface area contributed by atoms with Gasteiger partial charge >= 0.3 is 6.03 Å². The monoisotopic (exact) mass is 311 g/mol. The van der Waals surface area contributed by atoms with Crippen molar-refractivity contribution in [2.24, 2.45) is 0 Å². The van der Waals surface area contributed by atoms with Crippen LogP contribution in [0.25, 0.3) is 0 Å². The predicted octanol–water partition coefficient (Wildman–Crippen LogP) is 1.76. The lowest BCUT2D eigenvalue weighted by atomic mass is 9.89. The normalized spacial score (nSPS) is 20.0. The summed E-state index contributed by atoms with van der Waals surface area (Å²) in [6.07, 6.45) is 2.02. The van der Waals surface area contributed by atoms with Gasteiger partial charge in [0, 0.05) is 13.1 Å². The van der Waals surface area contributed by atoms with E-state index in [1.807, 2.05) is 29.2 Å². The highest BCUT2D eigenvalue weighted by Crippen LogP contribution is 2.26. The van der Waals surface area contributed by atoms with Crippen molar-refractivity contribution in [2.75, 3.05) is 26.7 Å². The zero-order valence-electron chi connectivity index (χ0n) is 12.2. The molecule has 2 amide bonds. The van der Waals surface area contributed by atoms with E-state index in [1.54, 1.807) is 7.11 Å². The van der Waals surface area contributed by atoms with Gasteiger partial charge in [-0.1, -0.05) is 12.1 Å². The first-order chi connectivity index (χ1) is 9.71. The van der Waals surface area contributed by atoms with Crippen molar-refractivity contribution in [3.63, 3.8) is 0 Å². The van der Waals surface area contributed by atoms with Gasteiger partial charge in [-0.05, 0) is 43.6 Å². The third kappa shape index (κ3) is 3.41. The Balaban J connectivity index is 0.00000161. The molecule has 0 atom stereocenters. The fourth-order valence-corrected chi connectivity index (χ4v) is 3.05. The van der Waals surface area contributed by atoms with Gasteiger partial charge in [-0.3, -0.25) is 0 Å². The Morgan fingerprint density at radius 1 is 1.24 bits per heavy atom.